The largest absolute Gasteiger partial charge is 0.159 e. The smallest absolute Gasteiger partial charge is 0.00189 e. The summed E-state index contributed by atoms with van der Waals surface area (Å²) in [5.41, 5.74) is 0. The summed E-state index contributed by atoms with van der Waals surface area (Å²) in [6, 6.07) is 0. The lowest BCUT2D eigenvalue weighted by atomic mass is 9.92. The van der Waals surface area contributed by atoms with Crippen LogP contribution in [0.15, 0.2) is 0 Å². The minimum absolute atomic E-state index is 0.903. The summed E-state index contributed by atoms with van der Waals surface area (Å²) in [6.45, 7) is 7.05. The van der Waals surface area contributed by atoms with Gasteiger partial charge in [0.05, 0.1) is 0 Å². The molecule has 0 spiro atoms. The van der Waals surface area contributed by atoms with Crippen LogP contribution in [0.2, 0.25) is 0 Å². The molecule has 10 heavy (non-hydrogen) atoms. The maximum atomic E-state index is 2.35. The minimum atomic E-state index is 0.903. The van der Waals surface area contributed by atoms with E-state index in [1.54, 1.807) is 0 Å². The van der Waals surface area contributed by atoms with Crippen molar-refractivity contribution in [1.29, 1.82) is 0 Å². The summed E-state index contributed by atoms with van der Waals surface area (Å²) in [4.78, 5) is 0. The molecule has 0 saturated carbocycles. The molecule has 1 aliphatic heterocycles. The first kappa shape index (κ1) is 8.45. The third-order valence-corrected chi connectivity index (χ3v) is 3.91. The van der Waals surface area contributed by atoms with Crippen LogP contribution in [0.5, 0.6) is 0 Å². The first-order valence-corrected chi connectivity index (χ1v) is 5.36. The van der Waals surface area contributed by atoms with E-state index in [1.807, 2.05) is 0 Å². The zero-order chi connectivity index (χ0) is 7.56. The lowest BCUT2D eigenvalue weighted by Gasteiger charge is -2.28. The van der Waals surface area contributed by atoms with Crippen molar-refractivity contribution >= 4 is 11.8 Å². The van der Waals surface area contributed by atoms with Crippen LogP contribution in [0.25, 0.3) is 0 Å². The molecule has 1 unspecified atom stereocenters. The van der Waals surface area contributed by atoms with Crippen molar-refractivity contribution in [3.8, 4) is 0 Å². The molecule has 0 N–H and O–H groups in total. The first-order chi connectivity index (χ1) is 4.70. The highest BCUT2D eigenvalue weighted by molar-refractivity contribution is 7.99. The Bertz CT molecular complexity index is 90.9. The van der Waals surface area contributed by atoms with Crippen LogP contribution in [-0.4, -0.2) is 11.0 Å². The molecule has 0 aromatic heterocycles. The molecule has 1 heterocycles. The lowest BCUT2D eigenvalue weighted by molar-refractivity contribution is 0.379. The second-order valence-corrected chi connectivity index (χ2v) is 5.20. The van der Waals surface area contributed by atoms with Crippen molar-refractivity contribution in [2.24, 2.45) is 11.8 Å². The van der Waals surface area contributed by atoms with Gasteiger partial charge in [0.15, 0.2) is 0 Å². The third kappa shape index (κ3) is 2.19. The van der Waals surface area contributed by atoms with E-state index >= 15 is 0 Å². The molecule has 0 aromatic carbocycles. The van der Waals surface area contributed by atoms with E-state index in [2.05, 4.69) is 32.5 Å². The molecule has 1 aliphatic rings. The molecule has 0 aromatic rings. The first-order valence-electron chi connectivity index (χ1n) is 4.31. The van der Waals surface area contributed by atoms with Gasteiger partial charge in [-0.15, -0.1) is 0 Å². The molecule has 0 radical (unpaired) electrons. The van der Waals surface area contributed by atoms with Gasteiger partial charge in [0.1, 0.15) is 0 Å². The van der Waals surface area contributed by atoms with E-state index in [9.17, 15) is 0 Å². The van der Waals surface area contributed by atoms with Crippen LogP contribution in [0, 0.1) is 11.8 Å². The summed E-state index contributed by atoms with van der Waals surface area (Å²) in [7, 11) is 0. The van der Waals surface area contributed by atoms with Crippen LogP contribution in [-0.2, 0) is 0 Å². The molecular weight excluding hydrogens is 140 g/mol. The average Bonchev–Trinajstić information content (AvgIpc) is 1.88. The fraction of sp³-hybridized carbons (Fsp3) is 1.00. The summed E-state index contributed by atoms with van der Waals surface area (Å²) in [6.07, 6.45) is 2.90. The fourth-order valence-electron chi connectivity index (χ4n) is 1.43. The average molecular weight is 158 g/mol. The van der Waals surface area contributed by atoms with Crippen molar-refractivity contribution in [2.75, 3.05) is 5.75 Å². The molecule has 0 nitrogen and oxygen atoms in total. The van der Waals surface area contributed by atoms with Crippen molar-refractivity contribution in [3.05, 3.63) is 0 Å². The molecule has 60 valence electrons. The summed E-state index contributed by atoms with van der Waals surface area (Å²) >= 11 is 2.15. The Kier molecular flexibility index (Phi) is 3.09. The predicted molar refractivity (Wildman–Crippen MR) is 49.5 cm³/mol. The van der Waals surface area contributed by atoms with Gasteiger partial charge in [0.2, 0.25) is 0 Å². The zero-order valence-electron chi connectivity index (χ0n) is 7.26. The van der Waals surface area contributed by atoms with E-state index in [1.165, 1.54) is 18.6 Å². The van der Waals surface area contributed by atoms with Crippen LogP contribution >= 0.6 is 11.8 Å². The molecule has 0 amide bonds. The number of rotatable bonds is 1. The van der Waals surface area contributed by atoms with E-state index in [4.69, 9.17) is 0 Å². The van der Waals surface area contributed by atoms with E-state index < -0.39 is 0 Å². The predicted octanol–water partition coefficient (Wildman–Crippen LogP) is 3.17. The highest BCUT2D eigenvalue weighted by atomic mass is 32.2. The van der Waals surface area contributed by atoms with Gasteiger partial charge in [-0.05, 0) is 30.4 Å². The normalized spacial score (nSPS) is 34.8. The molecule has 1 fully saturated rings. The summed E-state index contributed by atoms with van der Waals surface area (Å²) < 4.78 is 0. The Morgan fingerprint density at radius 1 is 1.30 bits per heavy atom. The van der Waals surface area contributed by atoms with E-state index in [0.717, 1.165) is 17.1 Å². The zero-order valence-corrected chi connectivity index (χ0v) is 8.08. The monoisotopic (exact) mass is 158 g/mol. The van der Waals surface area contributed by atoms with Gasteiger partial charge in [-0.1, -0.05) is 20.8 Å². The standard InChI is InChI=1S/C9H18S/c1-7(2)9-5-4-8(3)10-6-9/h7-9H,4-6H2,1-3H3/t8-,9?/m1/s1. The van der Waals surface area contributed by atoms with Gasteiger partial charge in [-0.3, -0.25) is 0 Å². The topological polar surface area (TPSA) is 0 Å². The van der Waals surface area contributed by atoms with Crippen molar-refractivity contribution < 1.29 is 0 Å². The maximum Gasteiger partial charge on any atom is 0.00189 e. The molecule has 0 bridgehead atoms. The highest BCUT2D eigenvalue weighted by Crippen LogP contribution is 2.32. The third-order valence-electron chi connectivity index (χ3n) is 2.48. The number of hydrogen-bond acceptors (Lipinski definition) is 1. The Morgan fingerprint density at radius 3 is 2.40 bits per heavy atom. The van der Waals surface area contributed by atoms with Crippen LogP contribution in [0.4, 0.5) is 0 Å². The molecule has 1 rings (SSSR count). The van der Waals surface area contributed by atoms with Crippen molar-refractivity contribution in [2.45, 2.75) is 38.9 Å². The van der Waals surface area contributed by atoms with E-state index in [0.29, 0.717) is 0 Å². The van der Waals surface area contributed by atoms with Gasteiger partial charge in [-0.2, -0.15) is 11.8 Å². The van der Waals surface area contributed by atoms with Crippen LogP contribution in [0.1, 0.15) is 33.6 Å². The van der Waals surface area contributed by atoms with Crippen LogP contribution in [0.3, 0.4) is 0 Å². The minimum Gasteiger partial charge on any atom is -0.159 e. The van der Waals surface area contributed by atoms with Gasteiger partial charge in [-0.25, -0.2) is 0 Å². The van der Waals surface area contributed by atoms with Gasteiger partial charge in [0.25, 0.3) is 0 Å². The molecule has 0 aliphatic carbocycles. The quantitative estimate of drug-likeness (QED) is 0.565. The second-order valence-electron chi connectivity index (χ2n) is 3.73. The fourth-order valence-corrected chi connectivity index (χ4v) is 2.86. The molecule has 2 atom stereocenters. The second kappa shape index (κ2) is 3.66. The number of hydrogen-bond donors (Lipinski definition) is 0. The number of thioether (sulfide) groups is 1. The van der Waals surface area contributed by atoms with Crippen molar-refractivity contribution in [1.82, 2.24) is 0 Å². The SMILES string of the molecule is CC(C)C1CC[C@@H](C)SC1. The Morgan fingerprint density at radius 2 is 2.00 bits per heavy atom. The Hall–Kier alpha value is 0.350. The molecular formula is C9H18S. The lowest BCUT2D eigenvalue weighted by Crippen LogP contribution is -2.19. The Labute approximate surface area is 68.8 Å². The molecule has 1 saturated heterocycles. The summed E-state index contributed by atoms with van der Waals surface area (Å²) in [5.74, 6) is 3.31. The van der Waals surface area contributed by atoms with Gasteiger partial charge < -0.3 is 0 Å². The maximum absolute atomic E-state index is 2.35. The van der Waals surface area contributed by atoms with Gasteiger partial charge >= 0.3 is 0 Å². The Balaban J connectivity index is 2.26. The molecule has 1 heteroatoms. The summed E-state index contributed by atoms with van der Waals surface area (Å²) in [5, 5.41) is 0.926. The van der Waals surface area contributed by atoms with Crippen LogP contribution < -0.4 is 0 Å². The van der Waals surface area contributed by atoms with E-state index in [-0.39, 0.29) is 0 Å². The highest BCUT2D eigenvalue weighted by Gasteiger charge is 2.20. The van der Waals surface area contributed by atoms with Gasteiger partial charge in [0, 0.05) is 5.25 Å². The van der Waals surface area contributed by atoms with Crippen molar-refractivity contribution in [3.63, 3.8) is 0 Å².